The first kappa shape index (κ1) is 18.4. The molecule has 0 spiro atoms. The van der Waals surface area contributed by atoms with Gasteiger partial charge >= 0.3 is 0 Å². The summed E-state index contributed by atoms with van der Waals surface area (Å²) < 4.78 is 16.3. The number of benzene rings is 2. The zero-order valence-electron chi connectivity index (χ0n) is 14.9. The van der Waals surface area contributed by atoms with E-state index in [4.69, 9.17) is 14.2 Å². The van der Waals surface area contributed by atoms with Crippen LogP contribution in [-0.2, 0) is 11.2 Å². The summed E-state index contributed by atoms with van der Waals surface area (Å²) in [7, 11) is 3.02. The molecule has 1 saturated heterocycles. The molecule has 26 heavy (non-hydrogen) atoms. The van der Waals surface area contributed by atoms with E-state index in [0.29, 0.717) is 24.5 Å². The summed E-state index contributed by atoms with van der Waals surface area (Å²) in [5.41, 5.74) is 1.88. The molecule has 140 valence electrons. The van der Waals surface area contributed by atoms with Crippen molar-refractivity contribution in [3.63, 3.8) is 0 Å². The number of aromatic hydroxyl groups is 2. The van der Waals surface area contributed by atoms with Crippen molar-refractivity contribution < 1.29 is 29.5 Å². The van der Waals surface area contributed by atoms with Gasteiger partial charge in [-0.05, 0) is 47.7 Å². The smallest absolute Gasteiger partial charge is 0.160 e. The SMILES string of the molecule is COc1cc(CC2CO[C@H](c3ccc(O)c(OC)c3)[C@H]2CO)ccc1O. The standard InChI is InChI=1S/C20H24O6/c1-24-18-8-12(3-5-16(18)22)7-14-11-26-20(15(14)10-21)13-4-6-17(23)19(9-13)25-2/h3-6,8-9,14-15,20-23H,7,10-11H2,1-2H3/t14?,15-,20+/m0/s1. The predicted octanol–water partition coefficient (Wildman–Crippen LogP) is 2.65. The monoisotopic (exact) mass is 360 g/mol. The number of rotatable bonds is 6. The maximum absolute atomic E-state index is 9.95. The molecule has 0 saturated carbocycles. The summed E-state index contributed by atoms with van der Waals surface area (Å²) in [6, 6.07) is 10.4. The van der Waals surface area contributed by atoms with Crippen LogP contribution in [0, 0.1) is 11.8 Å². The fourth-order valence-electron chi connectivity index (χ4n) is 3.54. The highest BCUT2D eigenvalue weighted by Gasteiger charge is 2.38. The third kappa shape index (κ3) is 3.57. The summed E-state index contributed by atoms with van der Waals surface area (Å²) in [5, 5.41) is 29.5. The van der Waals surface area contributed by atoms with E-state index in [9.17, 15) is 15.3 Å². The maximum atomic E-state index is 9.95. The number of phenols is 2. The molecule has 1 aliphatic rings. The van der Waals surface area contributed by atoms with Gasteiger partial charge in [-0.1, -0.05) is 12.1 Å². The molecule has 1 unspecified atom stereocenters. The molecule has 3 rings (SSSR count). The highest BCUT2D eigenvalue weighted by molar-refractivity contribution is 5.43. The summed E-state index contributed by atoms with van der Waals surface area (Å²) in [6.45, 7) is 0.510. The number of hydrogen-bond donors (Lipinski definition) is 3. The van der Waals surface area contributed by atoms with Crippen LogP contribution in [0.3, 0.4) is 0 Å². The van der Waals surface area contributed by atoms with Crippen LogP contribution in [-0.4, -0.2) is 42.8 Å². The zero-order valence-corrected chi connectivity index (χ0v) is 14.9. The molecular formula is C20H24O6. The first-order valence-corrected chi connectivity index (χ1v) is 8.52. The van der Waals surface area contributed by atoms with E-state index >= 15 is 0 Å². The second-order valence-electron chi connectivity index (χ2n) is 6.50. The highest BCUT2D eigenvalue weighted by atomic mass is 16.5. The van der Waals surface area contributed by atoms with E-state index in [2.05, 4.69) is 0 Å². The van der Waals surface area contributed by atoms with Crippen LogP contribution < -0.4 is 9.47 Å². The Kier molecular flexibility index (Phi) is 5.54. The summed E-state index contributed by atoms with van der Waals surface area (Å²) >= 11 is 0. The summed E-state index contributed by atoms with van der Waals surface area (Å²) in [4.78, 5) is 0. The van der Waals surface area contributed by atoms with Crippen molar-refractivity contribution in [1.29, 1.82) is 0 Å². The molecule has 0 aromatic heterocycles. The molecule has 3 N–H and O–H groups in total. The molecule has 2 aromatic rings. The van der Waals surface area contributed by atoms with E-state index in [0.717, 1.165) is 11.1 Å². The van der Waals surface area contributed by atoms with Crippen molar-refractivity contribution in [3.8, 4) is 23.0 Å². The molecule has 6 nitrogen and oxygen atoms in total. The van der Waals surface area contributed by atoms with Crippen LogP contribution in [0.4, 0.5) is 0 Å². The number of aliphatic hydroxyl groups excluding tert-OH is 1. The van der Waals surface area contributed by atoms with Gasteiger partial charge in [-0.3, -0.25) is 0 Å². The third-order valence-electron chi connectivity index (χ3n) is 4.97. The Morgan fingerprint density at radius 1 is 1.00 bits per heavy atom. The molecule has 1 aliphatic heterocycles. The maximum Gasteiger partial charge on any atom is 0.160 e. The van der Waals surface area contributed by atoms with Gasteiger partial charge in [0, 0.05) is 12.5 Å². The number of hydrogen-bond acceptors (Lipinski definition) is 6. The molecular weight excluding hydrogens is 336 g/mol. The van der Waals surface area contributed by atoms with Gasteiger partial charge in [0.25, 0.3) is 0 Å². The molecule has 1 fully saturated rings. The van der Waals surface area contributed by atoms with Crippen LogP contribution in [0.25, 0.3) is 0 Å². The molecule has 0 radical (unpaired) electrons. The second-order valence-corrected chi connectivity index (χ2v) is 6.50. The number of methoxy groups -OCH3 is 2. The van der Waals surface area contributed by atoms with Gasteiger partial charge in [0.2, 0.25) is 0 Å². The van der Waals surface area contributed by atoms with Gasteiger partial charge in [-0.2, -0.15) is 0 Å². The second kappa shape index (κ2) is 7.85. The average Bonchev–Trinajstić information content (AvgIpc) is 3.06. The fourth-order valence-corrected chi connectivity index (χ4v) is 3.54. The Hall–Kier alpha value is -2.44. The van der Waals surface area contributed by atoms with Gasteiger partial charge in [-0.25, -0.2) is 0 Å². The van der Waals surface area contributed by atoms with Gasteiger partial charge < -0.3 is 29.5 Å². The minimum absolute atomic E-state index is 0.00621. The quantitative estimate of drug-likeness (QED) is 0.734. The van der Waals surface area contributed by atoms with Crippen molar-refractivity contribution in [2.45, 2.75) is 12.5 Å². The van der Waals surface area contributed by atoms with Gasteiger partial charge in [0.15, 0.2) is 23.0 Å². The van der Waals surface area contributed by atoms with E-state index in [1.54, 1.807) is 30.3 Å². The summed E-state index contributed by atoms with van der Waals surface area (Å²) in [6.07, 6.45) is 0.437. The molecule has 0 amide bonds. The predicted molar refractivity (Wildman–Crippen MR) is 95.8 cm³/mol. The number of aliphatic hydroxyl groups is 1. The van der Waals surface area contributed by atoms with Crippen molar-refractivity contribution >= 4 is 0 Å². The van der Waals surface area contributed by atoms with Crippen LogP contribution in [0.2, 0.25) is 0 Å². The van der Waals surface area contributed by atoms with E-state index in [1.165, 1.54) is 14.2 Å². The van der Waals surface area contributed by atoms with Crippen molar-refractivity contribution in [2.75, 3.05) is 27.4 Å². The molecule has 1 heterocycles. The normalized spacial score (nSPS) is 22.3. The Bertz CT molecular complexity index is 760. The Morgan fingerprint density at radius 3 is 2.31 bits per heavy atom. The topological polar surface area (TPSA) is 88.4 Å². The molecule has 6 heteroatoms. The van der Waals surface area contributed by atoms with Gasteiger partial charge in [0.05, 0.1) is 26.9 Å². The first-order valence-electron chi connectivity index (χ1n) is 8.52. The van der Waals surface area contributed by atoms with Crippen LogP contribution >= 0.6 is 0 Å². The van der Waals surface area contributed by atoms with Gasteiger partial charge in [0.1, 0.15) is 0 Å². The summed E-state index contributed by atoms with van der Waals surface area (Å²) in [5.74, 6) is 1.04. The lowest BCUT2D eigenvalue weighted by Crippen LogP contribution is -2.21. The number of ether oxygens (including phenoxy) is 3. The fraction of sp³-hybridized carbons (Fsp3) is 0.400. The zero-order chi connectivity index (χ0) is 18.7. The molecule has 3 atom stereocenters. The lowest BCUT2D eigenvalue weighted by Gasteiger charge is -2.22. The van der Waals surface area contributed by atoms with Crippen LogP contribution in [0.1, 0.15) is 17.2 Å². The third-order valence-corrected chi connectivity index (χ3v) is 4.97. The lowest BCUT2D eigenvalue weighted by molar-refractivity contribution is 0.0717. The minimum atomic E-state index is -0.265. The highest BCUT2D eigenvalue weighted by Crippen LogP contribution is 2.42. The van der Waals surface area contributed by atoms with E-state index < -0.39 is 0 Å². The van der Waals surface area contributed by atoms with E-state index in [1.807, 2.05) is 6.07 Å². The van der Waals surface area contributed by atoms with Crippen molar-refractivity contribution in [3.05, 3.63) is 47.5 Å². The van der Waals surface area contributed by atoms with E-state index in [-0.39, 0.29) is 36.0 Å². The lowest BCUT2D eigenvalue weighted by atomic mass is 9.84. The molecule has 2 aromatic carbocycles. The number of phenolic OH excluding ortho intramolecular Hbond substituents is 2. The average molecular weight is 360 g/mol. The molecule has 0 aliphatic carbocycles. The largest absolute Gasteiger partial charge is 0.504 e. The van der Waals surface area contributed by atoms with Crippen molar-refractivity contribution in [2.24, 2.45) is 11.8 Å². The Balaban J connectivity index is 1.79. The minimum Gasteiger partial charge on any atom is -0.504 e. The van der Waals surface area contributed by atoms with Crippen LogP contribution in [0.5, 0.6) is 23.0 Å². The first-order chi connectivity index (χ1) is 12.6. The Morgan fingerprint density at radius 2 is 1.65 bits per heavy atom. The van der Waals surface area contributed by atoms with Gasteiger partial charge in [-0.15, -0.1) is 0 Å². The Labute approximate surface area is 152 Å². The van der Waals surface area contributed by atoms with Crippen LogP contribution in [0.15, 0.2) is 36.4 Å². The molecule has 0 bridgehead atoms. The van der Waals surface area contributed by atoms with Crippen molar-refractivity contribution in [1.82, 2.24) is 0 Å².